The SMILES string of the molecule is Cc1ccc(CN2CC(C#N)CCC2=O)o1. The number of amides is 1. The normalized spacial score (nSPS) is 20.9. The smallest absolute Gasteiger partial charge is 0.223 e. The first kappa shape index (κ1) is 10.7. The molecule has 4 nitrogen and oxygen atoms in total. The highest BCUT2D eigenvalue weighted by atomic mass is 16.3. The van der Waals surface area contributed by atoms with Crippen molar-refractivity contribution in [1.29, 1.82) is 5.26 Å². The lowest BCUT2D eigenvalue weighted by atomic mass is 9.99. The molecule has 0 bridgehead atoms. The number of piperidine rings is 1. The van der Waals surface area contributed by atoms with Crippen molar-refractivity contribution in [1.82, 2.24) is 4.90 Å². The molecular formula is C12H14N2O2. The van der Waals surface area contributed by atoms with Crippen molar-refractivity contribution in [2.24, 2.45) is 5.92 Å². The van der Waals surface area contributed by atoms with Gasteiger partial charge in [0.2, 0.25) is 5.91 Å². The van der Waals surface area contributed by atoms with Gasteiger partial charge in [0.15, 0.2) is 0 Å². The first-order chi connectivity index (χ1) is 7.69. The maximum atomic E-state index is 11.6. The highest BCUT2D eigenvalue weighted by Crippen LogP contribution is 2.19. The van der Waals surface area contributed by atoms with Crippen LogP contribution in [0.25, 0.3) is 0 Å². The molecule has 0 spiro atoms. The summed E-state index contributed by atoms with van der Waals surface area (Å²) >= 11 is 0. The topological polar surface area (TPSA) is 57.2 Å². The van der Waals surface area contributed by atoms with Crippen LogP contribution in [0.15, 0.2) is 16.5 Å². The molecule has 1 aromatic rings. The quantitative estimate of drug-likeness (QED) is 0.761. The lowest BCUT2D eigenvalue weighted by molar-refractivity contribution is -0.135. The molecule has 1 fully saturated rings. The molecule has 0 N–H and O–H groups in total. The van der Waals surface area contributed by atoms with Crippen LogP contribution in [-0.2, 0) is 11.3 Å². The summed E-state index contributed by atoms with van der Waals surface area (Å²) in [4.78, 5) is 13.3. The number of hydrogen-bond acceptors (Lipinski definition) is 3. The van der Waals surface area contributed by atoms with E-state index in [-0.39, 0.29) is 11.8 Å². The minimum absolute atomic E-state index is 0.0336. The molecule has 0 aliphatic carbocycles. The van der Waals surface area contributed by atoms with E-state index in [2.05, 4.69) is 6.07 Å². The number of carbonyl (C=O) groups excluding carboxylic acids is 1. The van der Waals surface area contributed by atoms with Crippen molar-refractivity contribution in [3.63, 3.8) is 0 Å². The fourth-order valence-electron chi connectivity index (χ4n) is 1.93. The van der Waals surface area contributed by atoms with Gasteiger partial charge >= 0.3 is 0 Å². The summed E-state index contributed by atoms with van der Waals surface area (Å²) in [5, 5.41) is 8.85. The van der Waals surface area contributed by atoms with Crippen LogP contribution in [0.5, 0.6) is 0 Å². The van der Waals surface area contributed by atoms with Crippen LogP contribution in [0.1, 0.15) is 24.4 Å². The molecule has 84 valence electrons. The van der Waals surface area contributed by atoms with Crippen LogP contribution in [-0.4, -0.2) is 17.4 Å². The number of aryl methyl sites for hydroxylation is 1. The van der Waals surface area contributed by atoms with E-state index in [0.717, 1.165) is 11.5 Å². The maximum Gasteiger partial charge on any atom is 0.223 e. The number of nitriles is 1. The Balaban J connectivity index is 2.03. The standard InChI is InChI=1S/C12H14N2O2/c1-9-2-4-11(16-9)8-14-7-10(6-13)3-5-12(14)15/h2,4,10H,3,5,7-8H2,1H3. The van der Waals surface area contributed by atoms with E-state index < -0.39 is 0 Å². The molecule has 1 amide bonds. The number of rotatable bonds is 2. The van der Waals surface area contributed by atoms with Crippen LogP contribution < -0.4 is 0 Å². The van der Waals surface area contributed by atoms with Gasteiger partial charge in [-0.15, -0.1) is 0 Å². The van der Waals surface area contributed by atoms with E-state index in [1.165, 1.54) is 0 Å². The number of furan rings is 1. The van der Waals surface area contributed by atoms with Crippen LogP contribution in [0.2, 0.25) is 0 Å². The van der Waals surface area contributed by atoms with Gasteiger partial charge in [0.25, 0.3) is 0 Å². The second-order valence-corrected chi connectivity index (χ2v) is 4.15. The zero-order chi connectivity index (χ0) is 11.5. The number of hydrogen-bond donors (Lipinski definition) is 0. The lowest BCUT2D eigenvalue weighted by Crippen LogP contribution is -2.38. The van der Waals surface area contributed by atoms with Gasteiger partial charge in [0.1, 0.15) is 11.5 Å². The maximum absolute atomic E-state index is 11.6. The number of carbonyl (C=O) groups is 1. The van der Waals surface area contributed by atoms with Crippen LogP contribution in [0.4, 0.5) is 0 Å². The van der Waals surface area contributed by atoms with Gasteiger partial charge in [0.05, 0.1) is 18.5 Å². The average molecular weight is 218 g/mol. The Morgan fingerprint density at radius 2 is 2.44 bits per heavy atom. The summed E-state index contributed by atoms with van der Waals surface area (Å²) in [5.74, 6) is 1.70. The Hall–Kier alpha value is -1.76. The minimum Gasteiger partial charge on any atom is -0.464 e. The summed E-state index contributed by atoms with van der Waals surface area (Å²) < 4.78 is 5.43. The van der Waals surface area contributed by atoms with Crippen molar-refractivity contribution >= 4 is 5.91 Å². The average Bonchev–Trinajstić information content (AvgIpc) is 2.67. The van der Waals surface area contributed by atoms with Gasteiger partial charge in [-0.1, -0.05) is 0 Å². The van der Waals surface area contributed by atoms with Crippen molar-refractivity contribution in [2.45, 2.75) is 26.3 Å². The monoisotopic (exact) mass is 218 g/mol. The molecule has 1 aliphatic heterocycles. The minimum atomic E-state index is -0.0336. The third-order valence-corrected chi connectivity index (χ3v) is 2.83. The van der Waals surface area contributed by atoms with Gasteiger partial charge in [-0.2, -0.15) is 5.26 Å². The zero-order valence-corrected chi connectivity index (χ0v) is 9.27. The molecular weight excluding hydrogens is 204 g/mol. The van der Waals surface area contributed by atoms with Gasteiger partial charge in [-0.25, -0.2) is 0 Å². The zero-order valence-electron chi connectivity index (χ0n) is 9.27. The van der Waals surface area contributed by atoms with Crippen molar-refractivity contribution < 1.29 is 9.21 Å². The highest BCUT2D eigenvalue weighted by molar-refractivity contribution is 5.77. The third kappa shape index (κ3) is 2.25. The third-order valence-electron chi connectivity index (χ3n) is 2.83. The number of nitrogens with zero attached hydrogens (tertiary/aromatic N) is 2. The summed E-state index contributed by atoms with van der Waals surface area (Å²) in [6.45, 7) is 2.87. The summed E-state index contributed by atoms with van der Waals surface area (Å²) in [6.07, 6.45) is 1.15. The summed E-state index contributed by atoms with van der Waals surface area (Å²) in [7, 11) is 0. The second-order valence-electron chi connectivity index (χ2n) is 4.15. The predicted octanol–water partition coefficient (Wildman–Crippen LogP) is 1.85. The Morgan fingerprint density at radius 3 is 3.06 bits per heavy atom. The largest absolute Gasteiger partial charge is 0.464 e. The Kier molecular flexibility index (Phi) is 2.95. The molecule has 1 atom stereocenters. The molecule has 1 aliphatic rings. The van der Waals surface area contributed by atoms with E-state index >= 15 is 0 Å². The van der Waals surface area contributed by atoms with Crippen LogP contribution >= 0.6 is 0 Å². The number of likely N-dealkylation sites (tertiary alicyclic amines) is 1. The van der Waals surface area contributed by atoms with Gasteiger partial charge < -0.3 is 9.32 Å². The highest BCUT2D eigenvalue weighted by Gasteiger charge is 2.25. The predicted molar refractivity (Wildman–Crippen MR) is 57.2 cm³/mol. The van der Waals surface area contributed by atoms with Crippen molar-refractivity contribution in [3.8, 4) is 6.07 Å². The van der Waals surface area contributed by atoms with Crippen molar-refractivity contribution in [2.75, 3.05) is 6.54 Å². The molecule has 1 saturated heterocycles. The molecule has 0 saturated carbocycles. The van der Waals surface area contributed by atoms with Crippen LogP contribution in [0, 0.1) is 24.2 Å². The summed E-state index contributed by atoms with van der Waals surface area (Å²) in [6, 6.07) is 5.98. The van der Waals surface area contributed by atoms with E-state index in [1.807, 2.05) is 19.1 Å². The molecule has 1 unspecified atom stereocenters. The molecule has 2 heterocycles. The Labute approximate surface area is 94.5 Å². The van der Waals surface area contributed by atoms with Gasteiger partial charge in [-0.05, 0) is 25.5 Å². The lowest BCUT2D eigenvalue weighted by Gasteiger charge is -2.28. The molecule has 4 heteroatoms. The Bertz CT molecular complexity index is 430. The van der Waals surface area contributed by atoms with Crippen LogP contribution in [0.3, 0.4) is 0 Å². The second kappa shape index (κ2) is 4.40. The molecule has 0 aromatic carbocycles. The molecule has 1 aromatic heterocycles. The fourth-order valence-corrected chi connectivity index (χ4v) is 1.93. The molecule has 0 radical (unpaired) electrons. The van der Waals surface area contributed by atoms with Gasteiger partial charge in [-0.3, -0.25) is 4.79 Å². The van der Waals surface area contributed by atoms with Gasteiger partial charge in [0, 0.05) is 13.0 Å². The van der Waals surface area contributed by atoms with E-state index in [0.29, 0.717) is 25.9 Å². The first-order valence-electron chi connectivity index (χ1n) is 5.42. The van der Waals surface area contributed by atoms with E-state index in [9.17, 15) is 4.79 Å². The molecule has 16 heavy (non-hydrogen) atoms. The van der Waals surface area contributed by atoms with E-state index in [1.54, 1.807) is 4.90 Å². The first-order valence-corrected chi connectivity index (χ1v) is 5.42. The van der Waals surface area contributed by atoms with Crippen molar-refractivity contribution in [3.05, 3.63) is 23.7 Å². The van der Waals surface area contributed by atoms with E-state index in [4.69, 9.17) is 9.68 Å². The molecule has 2 rings (SSSR count). The fraction of sp³-hybridized carbons (Fsp3) is 0.500. The summed E-state index contributed by atoms with van der Waals surface area (Å²) in [5.41, 5.74) is 0. The Morgan fingerprint density at radius 1 is 1.62 bits per heavy atom.